The Bertz CT molecular complexity index is 1360. The molecule has 1 saturated heterocycles. The smallest absolute Gasteiger partial charge is 0.251 e. The molecule has 1 N–H and O–H groups in total. The molecule has 4 aromatic rings. The van der Waals surface area contributed by atoms with Crippen molar-refractivity contribution in [2.45, 2.75) is 19.4 Å². The van der Waals surface area contributed by atoms with Crippen LogP contribution in [0.25, 0.3) is 27.9 Å². The SMILES string of the molecule is CNC(=O)c1cc(C)c(F)c(-c2cnn3cc(-c4cnn(C)c4)c(OC4CCOC4)nc23)c1. The molecular formula is C23H23FN6O3. The van der Waals surface area contributed by atoms with E-state index >= 15 is 4.39 Å². The van der Waals surface area contributed by atoms with Gasteiger partial charge >= 0.3 is 0 Å². The van der Waals surface area contributed by atoms with Gasteiger partial charge in [-0.15, -0.1) is 0 Å². The normalized spacial score (nSPS) is 15.8. The summed E-state index contributed by atoms with van der Waals surface area (Å²) in [5.41, 5.74) is 3.39. The lowest BCUT2D eigenvalue weighted by Crippen LogP contribution is -2.18. The third-order valence-corrected chi connectivity index (χ3v) is 5.67. The van der Waals surface area contributed by atoms with Crippen LogP contribution in [-0.2, 0) is 11.8 Å². The number of carbonyl (C=O) groups is 1. The number of fused-ring (bicyclic) bond motifs is 1. The first-order valence-electron chi connectivity index (χ1n) is 10.6. The molecule has 1 amide bonds. The summed E-state index contributed by atoms with van der Waals surface area (Å²) in [5.74, 6) is -0.331. The van der Waals surface area contributed by atoms with Crippen molar-refractivity contribution in [1.29, 1.82) is 0 Å². The molecule has 0 radical (unpaired) electrons. The van der Waals surface area contributed by atoms with Crippen molar-refractivity contribution < 1.29 is 18.7 Å². The number of rotatable bonds is 5. The van der Waals surface area contributed by atoms with Gasteiger partial charge in [0.25, 0.3) is 5.91 Å². The maximum Gasteiger partial charge on any atom is 0.251 e. The molecule has 0 saturated carbocycles. The summed E-state index contributed by atoms with van der Waals surface area (Å²) in [5, 5.41) is 11.2. The third kappa shape index (κ3) is 3.82. The molecule has 170 valence electrons. The lowest BCUT2D eigenvalue weighted by molar-refractivity contribution is 0.0963. The van der Waals surface area contributed by atoms with Crippen LogP contribution in [0.5, 0.6) is 5.88 Å². The van der Waals surface area contributed by atoms with E-state index < -0.39 is 5.82 Å². The predicted molar refractivity (Wildman–Crippen MR) is 119 cm³/mol. The molecule has 0 bridgehead atoms. The molecule has 1 aromatic carbocycles. The van der Waals surface area contributed by atoms with Crippen molar-refractivity contribution in [2.75, 3.05) is 20.3 Å². The highest BCUT2D eigenvalue weighted by atomic mass is 19.1. The number of nitrogens with one attached hydrogen (secondary N) is 1. The number of aromatic nitrogens is 5. The van der Waals surface area contributed by atoms with Crippen LogP contribution in [0.4, 0.5) is 4.39 Å². The topological polar surface area (TPSA) is 95.6 Å². The van der Waals surface area contributed by atoms with E-state index in [1.54, 1.807) is 34.7 Å². The van der Waals surface area contributed by atoms with Gasteiger partial charge in [-0.3, -0.25) is 9.48 Å². The molecule has 0 spiro atoms. The highest BCUT2D eigenvalue weighted by molar-refractivity contribution is 5.96. The van der Waals surface area contributed by atoms with E-state index in [2.05, 4.69) is 15.5 Å². The maximum atomic E-state index is 15.2. The zero-order valence-electron chi connectivity index (χ0n) is 18.5. The fourth-order valence-electron chi connectivity index (χ4n) is 3.94. The first kappa shape index (κ1) is 21.1. The van der Waals surface area contributed by atoms with Crippen molar-refractivity contribution in [3.05, 3.63) is 53.9 Å². The molecule has 1 atom stereocenters. The van der Waals surface area contributed by atoms with Crippen LogP contribution in [0.3, 0.4) is 0 Å². The average Bonchev–Trinajstić information content (AvgIpc) is 3.56. The quantitative estimate of drug-likeness (QED) is 0.502. The number of hydrogen-bond acceptors (Lipinski definition) is 6. The molecule has 1 aliphatic heterocycles. The minimum atomic E-state index is -0.428. The van der Waals surface area contributed by atoms with Crippen LogP contribution >= 0.6 is 0 Å². The monoisotopic (exact) mass is 450 g/mol. The first-order chi connectivity index (χ1) is 15.9. The Morgan fingerprint density at radius 1 is 1.21 bits per heavy atom. The van der Waals surface area contributed by atoms with Gasteiger partial charge in [-0.2, -0.15) is 15.2 Å². The van der Waals surface area contributed by atoms with E-state index in [0.29, 0.717) is 47.0 Å². The number of halogens is 1. The lowest BCUT2D eigenvalue weighted by Gasteiger charge is -2.15. The second-order valence-electron chi connectivity index (χ2n) is 8.03. The molecular weight excluding hydrogens is 427 g/mol. The molecule has 0 aliphatic carbocycles. The molecule has 1 fully saturated rings. The highest BCUT2D eigenvalue weighted by Gasteiger charge is 2.24. The lowest BCUT2D eigenvalue weighted by atomic mass is 10.0. The molecule has 4 heterocycles. The maximum absolute atomic E-state index is 15.2. The molecule has 3 aromatic heterocycles. The van der Waals surface area contributed by atoms with Crippen molar-refractivity contribution in [3.63, 3.8) is 0 Å². The van der Waals surface area contributed by atoms with E-state index in [4.69, 9.17) is 14.5 Å². The van der Waals surface area contributed by atoms with Gasteiger partial charge in [0, 0.05) is 55.2 Å². The van der Waals surface area contributed by atoms with Gasteiger partial charge in [-0.05, 0) is 24.6 Å². The number of benzene rings is 1. The number of nitrogens with zero attached hydrogens (tertiary/aromatic N) is 5. The van der Waals surface area contributed by atoms with Crippen molar-refractivity contribution in [2.24, 2.45) is 7.05 Å². The van der Waals surface area contributed by atoms with Crippen molar-refractivity contribution in [3.8, 4) is 28.1 Å². The summed E-state index contributed by atoms with van der Waals surface area (Å²) in [6, 6.07) is 3.03. The summed E-state index contributed by atoms with van der Waals surface area (Å²) in [6.45, 7) is 2.73. The second-order valence-corrected chi connectivity index (χ2v) is 8.03. The molecule has 5 rings (SSSR count). The van der Waals surface area contributed by atoms with E-state index in [1.807, 2.05) is 13.2 Å². The summed E-state index contributed by atoms with van der Waals surface area (Å²) >= 11 is 0. The van der Waals surface area contributed by atoms with Gasteiger partial charge in [-0.1, -0.05) is 0 Å². The summed E-state index contributed by atoms with van der Waals surface area (Å²) in [7, 11) is 3.37. The first-order valence-corrected chi connectivity index (χ1v) is 10.6. The molecule has 1 unspecified atom stereocenters. The van der Waals surface area contributed by atoms with Gasteiger partial charge in [-0.25, -0.2) is 8.91 Å². The Morgan fingerprint density at radius 3 is 2.76 bits per heavy atom. The van der Waals surface area contributed by atoms with E-state index in [9.17, 15) is 4.79 Å². The molecule has 10 heteroatoms. The van der Waals surface area contributed by atoms with E-state index in [1.165, 1.54) is 19.2 Å². The molecule has 9 nitrogen and oxygen atoms in total. The summed E-state index contributed by atoms with van der Waals surface area (Å²) in [4.78, 5) is 16.9. The van der Waals surface area contributed by atoms with Crippen LogP contribution in [0.1, 0.15) is 22.3 Å². The second kappa shape index (κ2) is 8.28. The minimum Gasteiger partial charge on any atom is -0.471 e. The number of hydrogen-bond donors (Lipinski definition) is 1. The third-order valence-electron chi connectivity index (χ3n) is 5.67. The van der Waals surface area contributed by atoms with Crippen molar-refractivity contribution in [1.82, 2.24) is 29.7 Å². The largest absolute Gasteiger partial charge is 0.471 e. The van der Waals surface area contributed by atoms with Gasteiger partial charge in [0.05, 0.1) is 31.2 Å². The van der Waals surface area contributed by atoms with Gasteiger partial charge in [0.2, 0.25) is 5.88 Å². The Morgan fingerprint density at radius 2 is 2.06 bits per heavy atom. The Balaban J connectivity index is 1.68. The van der Waals surface area contributed by atoms with Gasteiger partial charge < -0.3 is 14.8 Å². The van der Waals surface area contributed by atoms with Crippen LogP contribution in [0.2, 0.25) is 0 Å². The summed E-state index contributed by atoms with van der Waals surface area (Å²) in [6.07, 6.45) is 7.55. The van der Waals surface area contributed by atoms with E-state index in [0.717, 1.165) is 12.0 Å². The Hall–Kier alpha value is -3.79. The minimum absolute atomic E-state index is 0.127. The zero-order chi connectivity index (χ0) is 23.1. The summed E-state index contributed by atoms with van der Waals surface area (Å²) < 4.78 is 30.1. The average molecular weight is 450 g/mol. The zero-order valence-corrected chi connectivity index (χ0v) is 18.5. The van der Waals surface area contributed by atoms with Crippen LogP contribution in [-0.4, -0.2) is 56.7 Å². The van der Waals surface area contributed by atoms with Crippen LogP contribution in [0.15, 0.2) is 36.9 Å². The van der Waals surface area contributed by atoms with Gasteiger partial charge in [0.1, 0.15) is 11.9 Å². The van der Waals surface area contributed by atoms with Gasteiger partial charge in [0.15, 0.2) is 5.65 Å². The standard InChI is InChI=1S/C23H23FN6O3/c1-13-6-14(22(31)25-2)7-17(20(13)24)18-9-27-30-11-19(15-8-26-29(3)10-15)23(28-21(18)30)33-16-4-5-32-12-16/h6-11,16H,4-5,12H2,1-3H3,(H,25,31). The number of amides is 1. The highest BCUT2D eigenvalue weighted by Crippen LogP contribution is 2.34. The molecule has 33 heavy (non-hydrogen) atoms. The fraction of sp³-hybridized carbons (Fsp3) is 0.304. The van der Waals surface area contributed by atoms with Crippen LogP contribution < -0.4 is 10.1 Å². The van der Waals surface area contributed by atoms with Crippen LogP contribution in [0, 0.1) is 12.7 Å². The number of ether oxygens (including phenoxy) is 2. The molecule has 1 aliphatic rings. The number of aryl methyl sites for hydroxylation is 2. The van der Waals surface area contributed by atoms with Crippen molar-refractivity contribution >= 4 is 11.6 Å². The number of carbonyl (C=O) groups excluding carboxylic acids is 1. The Kier molecular flexibility index (Phi) is 5.29. The van der Waals surface area contributed by atoms with E-state index in [-0.39, 0.29) is 17.6 Å². The Labute approximate surface area is 189 Å². The predicted octanol–water partition coefficient (Wildman–Crippen LogP) is 2.77. The fourth-order valence-corrected chi connectivity index (χ4v) is 3.94.